The third-order valence-electron chi connectivity index (χ3n) is 3.54. The minimum Gasteiger partial charge on any atom is -0.349 e. The van der Waals surface area contributed by atoms with Crippen molar-refractivity contribution in [2.45, 2.75) is 20.1 Å². The summed E-state index contributed by atoms with van der Waals surface area (Å²) in [7, 11) is 0. The molecular weight excluding hydrogens is 295 g/mol. The Labute approximate surface area is 134 Å². The first-order chi connectivity index (χ1) is 11.2. The highest BCUT2D eigenvalue weighted by Gasteiger charge is 2.16. The number of hydrogen-bond acceptors (Lipinski definition) is 3. The third kappa shape index (κ3) is 3.25. The Balaban J connectivity index is 1.95. The van der Waals surface area contributed by atoms with Gasteiger partial charge in [0.1, 0.15) is 11.5 Å². The van der Waals surface area contributed by atoms with Gasteiger partial charge in [-0.2, -0.15) is 0 Å². The summed E-state index contributed by atoms with van der Waals surface area (Å²) in [4.78, 5) is 4.45. The Bertz CT molecular complexity index is 762. The van der Waals surface area contributed by atoms with E-state index in [1.54, 1.807) is 6.07 Å². The molecule has 0 N–H and O–H groups in total. The number of aromatic nitrogens is 2. The van der Waals surface area contributed by atoms with Gasteiger partial charge < -0.3 is 13.9 Å². The zero-order valence-corrected chi connectivity index (χ0v) is 13.2. The minimum atomic E-state index is -0.547. The largest absolute Gasteiger partial charge is 0.349 e. The number of imidazole rings is 1. The van der Waals surface area contributed by atoms with E-state index in [0.717, 1.165) is 5.65 Å². The van der Waals surface area contributed by atoms with E-state index in [1.807, 2.05) is 54.9 Å². The van der Waals surface area contributed by atoms with Crippen LogP contribution in [0.5, 0.6) is 0 Å². The normalized spacial score (nSPS) is 11.5. The smallest absolute Gasteiger partial charge is 0.183 e. The topological polar surface area (TPSA) is 35.8 Å². The van der Waals surface area contributed by atoms with E-state index in [1.165, 1.54) is 6.07 Å². The van der Waals surface area contributed by atoms with Crippen molar-refractivity contribution in [3.05, 3.63) is 60.2 Å². The monoisotopic (exact) mass is 314 g/mol. The number of ether oxygens (including phenoxy) is 2. The van der Waals surface area contributed by atoms with Crippen molar-refractivity contribution in [2.24, 2.45) is 0 Å². The molecule has 1 aromatic carbocycles. The molecule has 0 bridgehead atoms. The molecular formula is C18H19FN2O2. The predicted octanol–water partition coefficient (Wildman–Crippen LogP) is 4.21. The summed E-state index contributed by atoms with van der Waals surface area (Å²) in [5.41, 5.74) is 2.51. The lowest BCUT2D eigenvalue weighted by Gasteiger charge is -2.17. The standard InChI is InChI=1S/C18H19FN2O2/c1-3-22-18(23-4-2)13-8-9-14(15(19)11-13)16-12-21-10-6-5-7-17(21)20-16/h5-12,18H,3-4H2,1-2H3. The number of rotatable bonds is 6. The van der Waals surface area contributed by atoms with E-state index in [2.05, 4.69) is 4.98 Å². The highest BCUT2D eigenvalue weighted by atomic mass is 19.1. The maximum atomic E-state index is 14.5. The fourth-order valence-corrected chi connectivity index (χ4v) is 2.49. The molecule has 5 heteroatoms. The van der Waals surface area contributed by atoms with Crippen LogP contribution in [0.25, 0.3) is 16.9 Å². The number of benzene rings is 1. The third-order valence-corrected chi connectivity index (χ3v) is 3.54. The second-order valence-corrected chi connectivity index (χ2v) is 5.07. The Morgan fingerprint density at radius 1 is 1.13 bits per heavy atom. The van der Waals surface area contributed by atoms with Gasteiger partial charge in [-0.3, -0.25) is 0 Å². The molecule has 23 heavy (non-hydrogen) atoms. The number of nitrogens with zero attached hydrogens (tertiary/aromatic N) is 2. The minimum absolute atomic E-state index is 0.338. The average molecular weight is 314 g/mol. The van der Waals surface area contributed by atoms with E-state index in [0.29, 0.717) is 30.0 Å². The van der Waals surface area contributed by atoms with Crippen LogP contribution in [0.2, 0.25) is 0 Å². The lowest BCUT2D eigenvalue weighted by atomic mass is 10.1. The van der Waals surface area contributed by atoms with Crippen LogP contribution in [0.3, 0.4) is 0 Å². The van der Waals surface area contributed by atoms with Gasteiger partial charge in [-0.15, -0.1) is 0 Å². The maximum absolute atomic E-state index is 14.5. The van der Waals surface area contributed by atoms with E-state index < -0.39 is 6.29 Å². The number of halogens is 1. The quantitative estimate of drug-likeness (QED) is 0.639. The molecule has 120 valence electrons. The Morgan fingerprint density at radius 2 is 1.91 bits per heavy atom. The van der Waals surface area contributed by atoms with Gasteiger partial charge in [-0.05, 0) is 38.1 Å². The number of fused-ring (bicyclic) bond motifs is 1. The molecule has 0 aliphatic rings. The second kappa shape index (κ2) is 6.89. The van der Waals surface area contributed by atoms with Crippen LogP contribution in [-0.2, 0) is 9.47 Å². The SMILES string of the molecule is CCOC(OCC)c1ccc(-c2cn3ccccc3n2)c(F)c1. The van der Waals surface area contributed by atoms with Crippen molar-refractivity contribution in [1.29, 1.82) is 0 Å². The second-order valence-electron chi connectivity index (χ2n) is 5.07. The van der Waals surface area contributed by atoms with Crippen molar-refractivity contribution in [2.75, 3.05) is 13.2 Å². The molecule has 0 radical (unpaired) electrons. The first kappa shape index (κ1) is 15.6. The van der Waals surface area contributed by atoms with E-state index >= 15 is 0 Å². The predicted molar refractivity (Wildman–Crippen MR) is 86.6 cm³/mol. The van der Waals surface area contributed by atoms with Crippen LogP contribution in [0, 0.1) is 5.82 Å². The van der Waals surface area contributed by atoms with Crippen molar-refractivity contribution in [3.63, 3.8) is 0 Å². The summed E-state index contributed by atoms with van der Waals surface area (Å²) in [6.07, 6.45) is 3.16. The van der Waals surface area contributed by atoms with E-state index in [-0.39, 0.29) is 5.82 Å². The summed E-state index contributed by atoms with van der Waals surface area (Å²) >= 11 is 0. The van der Waals surface area contributed by atoms with Gasteiger partial charge in [-0.1, -0.05) is 12.1 Å². The number of hydrogen-bond donors (Lipinski definition) is 0. The van der Waals surface area contributed by atoms with Gasteiger partial charge in [0.15, 0.2) is 6.29 Å². The van der Waals surface area contributed by atoms with Crippen molar-refractivity contribution < 1.29 is 13.9 Å². The molecule has 0 atom stereocenters. The molecule has 0 spiro atoms. The van der Waals surface area contributed by atoms with Crippen LogP contribution < -0.4 is 0 Å². The molecule has 0 aliphatic heterocycles. The van der Waals surface area contributed by atoms with E-state index in [9.17, 15) is 4.39 Å². The molecule has 2 aromatic heterocycles. The first-order valence-corrected chi connectivity index (χ1v) is 7.69. The summed E-state index contributed by atoms with van der Waals surface area (Å²) < 4.78 is 27.4. The molecule has 3 rings (SSSR count). The molecule has 0 fully saturated rings. The molecule has 2 heterocycles. The van der Waals surface area contributed by atoms with Gasteiger partial charge >= 0.3 is 0 Å². The van der Waals surface area contributed by atoms with Gasteiger partial charge in [-0.25, -0.2) is 9.37 Å². The average Bonchev–Trinajstić information content (AvgIpc) is 2.98. The van der Waals surface area contributed by atoms with Crippen LogP contribution >= 0.6 is 0 Å². The van der Waals surface area contributed by atoms with E-state index in [4.69, 9.17) is 9.47 Å². The molecule has 0 saturated heterocycles. The molecule has 0 unspecified atom stereocenters. The zero-order valence-electron chi connectivity index (χ0n) is 13.2. The first-order valence-electron chi connectivity index (χ1n) is 7.69. The van der Waals surface area contributed by atoms with Gasteiger partial charge in [0.2, 0.25) is 0 Å². The lowest BCUT2D eigenvalue weighted by molar-refractivity contribution is -0.140. The maximum Gasteiger partial charge on any atom is 0.183 e. The molecule has 0 saturated carbocycles. The van der Waals surface area contributed by atoms with Crippen molar-refractivity contribution >= 4 is 5.65 Å². The Kier molecular flexibility index (Phi) is 4.69. The Morgan fingerprint density at radius 3 is 2.57 bits per heavy atom. The van der Waals surface area contributed by atoms with Crippen molar-refractivity contribution in [1.82, 2.24) is 9.38 Å². The molecule has 0 aliphatic carbocycles. The molecule has 3 aromatic rings. The van der Waals surface area contributed by atoms with Crippen molar-refractivity contribution in [3.8, 4) is 11.3 Å². The molecule has 0 amide bonds. The summed E-state index contributed by atoms with van der Waals surface area (Å²) in [6.45, 7) is 4.77. The lowest BCUT2D eigenvalue weighted by Crippen LogP contribution is -2.09. The fraction of sp³-hybridized carbons (Fsp3) is 0.278. The summed E-state index contributed by atoms with van der Waals surface area (Å²) in [5, 5.41) is 0. The van der Waals surface area contributed by atoms with Gasteiger partial charge in [0.25, 0.3) is 0 Å². The molecule has 4 nitrogen and oxygen atoms in total. The highest BCUT2D eigenvalue weighted by molar-refractivity contribution is 5.63. The van der Waals surface area contributed by atoms with Gasteiger partial charge in [0, 0.05) is 36.7 Å². The van der Waals surface area contributed by atoms with Crippen LogP contribution in [0.15, 0.2) is 48.8 Å². The fourth-order valence-electron chi connectivity index (χ4n) is 2.49. The number of pyridine rings is 1. The van der Waals surface area contributed by atoms with Crippen LogP contribution in [0.1, 0.15) is 25.7 Å². The van der Waals surface area contributed by atoms with Crippen LogP contribution in [0.4, 0.5) is 4.39 Å². The van der Waals surface area contributed by atoms with Gasteiger partial charge in [0.05, 0.1) is 5.69 Å². The Hall–Kier alpha value is -2.24. The summed E-state index contributed by atoms with van der Waals surface area (Å²) in [5.74, 6) is -0.338. The zero-order chi connectivity index (χ0) is 16.2. The highest BCUT2D eigenvalue weighted by Crippen LogP contribution is 2.27. The summed E-state index contributed by atoms with van der Waals surface area (Å²) in [6, 6.07) is 10.7. The van der Waals surface area contributed by atoms with Crippen LogP contribution in [-0.4, -0.2) is 22.6 Å².